The van der Waals surface area contributed by atoms with Crippen molar-refractivity contribution in [2.75, 3.05) is 52.5 Å². The Bertz CT molecular complexity index is 382. The quantitative estimate of drug-likeness (QED) is 0.275. The average Bonchev–Trinajstić information content (AvgIpc) is 2.61. The number of likely N-dealkylation sites (tertiary alicyclic amines) is 1. The first-order valence-corrected chi connectivity index (χ1v) is 9.79. The predicted molar refractivity (Wildman–Crippen MR) is 103 cm³/mol. The van der Waals surface area contributed by atoms with Crippen LogP contribution in [-0.4, -0.2) is 69.2 Å². The number of aliphatic imine (C=N–C) groups is 1. The molecule has 25 heavy (non-hydrogen) atoms. The van der Waals surface area contributed by atoms with Gasteiger partial charge in [0.15, 0.2) is 5.96 Å². The number of hydrogen-bond donors (Lipinski definition) is 3. The highest BCUT2D eigenvalue weighted by molar-refractivity contribution is 5.79. The molecule has 1 aliphatic rings. The van der Waals surface area contributed by atoms with Crippen LogP contribution in [0.2, 0.25) is 0 Å². The Labute approximate surface area is 152 Å². The van der Waals surface area contributed by atoms with E-state index in [1.807, 2.05) is 6.92 Å². The second kappa shape index (κ2) is 13.9. The fraction of sp³-hybridized carbons (Fsp3) is 0.889. The Kier molecular flexibility index (Phi) is 12.1. The molecule has 0 radical (unpaired) electrons. The monoisotopic (exact) mass is 355 g/mol. The van der Waals surface area contributed by atoms with Gasteiger partial charge in [-0.2, -0.15) is 0 Å². The molecule has 1 fully saturated rings. The van der Waals surface area contributed by atoms with Gasteiger partial charge in [-0.1, -0.05) is 0 Å². The van der Waals surface area contributed by atoms with E-state index in [2.05, 4.69) is 27.4 Å². The largest absolute Gasteiger partial charge is 0.382 e. The maximum atomic E-state index is 11.2. The van der Waals surface area contributed by atoms with Crippen LogP contribution in [0.1, 0.15) is 46.0 Å². The van der Waals surface area contributed by atoms with E-state index in [0.29, 0.717) is 0 Å². The standard InChI is InChI=1S/C18H37N5O2/c1-3-20-18(22-11-7-15-25-4-2)21-10-5-6-12-23-13-8-16(9-14-23)17(19)24/h16H,3-15H2,1-2H3,(H2,19,24)(H2,20,21,22). The second-order valence-electron chi connectivity index (χ2n) is 6.46. The number of nitrogens with zero attached hydrogens (tertiary/aromatic N) is 2. The Hall–Kier alpha value is -1.34. The predicted octanol–water partition coefficient (Wildman–Crippen LogP) is 0.946. The van der Waals surface area contributed by atoms with Crippen LogP contribution in [0.3, 0.4) is 0 Å². The van der Waals surface area contributed by atoms with E-state index in [4.69, 9.17) is 10.5 Å². The Morgan fingerprint density at radius 3 is 2.60 bits per heavy atom. The lowest BCUT2D eigenvalue weighted by Crippen LogP contribution is -2.39. The van der Waals surface area contributed by atoms with Crippen molar-refractivity contribution in [2.45, 2.75) is 46.0 Å². The van der Waals surface area contributed by atoms with Gasteiger partial charge < -0.3 is 26.0 Å². The molecule has 1 aliphatic heterocycles. The van der Waals surface area contributed by atoms with Crippen molar-refractivity contribution < 1.29 is 9.53 Å². The number of nitrogens with one attached hydrogen (secondary N) is 2. The molecule has 1 rings (SSSR count). The van der Waals surface area contributed by atoms with Crippen LogP contribution in [0.4, 0.5) is 0 Å². The Balaban J connectivity index is 2.09. The van der Waals surface area contributed by atoms with Crippen molar-refractivity contribution in [3.05, 3.63) is 0 Å². The summed E-state index contributed by atoms with van der Waals surface area (Å²) in [6, 6.07) is 0. The van der Waals surface area contributed by atoms with Gasteiger partial charge in [-0.25, -0.2) is 0 Å². The highest BCUT2D eigenvalue weighted by Crippen LogP contribution is 2.16. The van der Waals surface area contributed by atoms with E-state index >= 15 is 0 Å². The number of unbranched alkanes of at least 4 members (excludes halogenated alkanes) is 1. The third-order valence-electron chi connectivity index (χ3n) is 4.45. The molecule has 0 aliphatic carbocycles. The number of carbonyl (C=O) groups excluding carboxylic acids is 1. The molecular weight excluding hydrogens is 318 g/mol. The minimum Gasteiger partial charge on any atom is -0.382 e. The summed E-state index contributed by atoms with van der Waals surface area (Å²) in [5.41, 5.74) is 5.37. The van der Waals surface area contributed by atoms with Gasteiger partial charge >= 0.3 is 0 Å². The summed E-state index contributed by atoms with van der Waals surface area (Å²) in [5.74, 6) is 0.834. The number of piperidine rings is 1. The number of primary amides is 1. The zero-order valence-corrected chi connectivity index (χ0v) is 16.1. The van der Waals surface area contributed by atoms with E-state index < -0.39 is 0 Å². The van der Waals surface area contributed by atoms with Crippen molar-refractivity contribution in [3.8, 4) is 0 Å². The molecular formula is C18H37N5O2. The van der Waals surface area contributed by atoms with Crippen molar-refractivity contribution in [1.82, 2.24) is 15.5 Å². The molecule has 0 aromatic heterocycles. The lowest BCUT2D eigenvalue weighted by molar-refractivity contribution is -0.123. The first-order chi connectivity index (χ1) is 12.2. The number of guanidine groups is 1. The zero-order valence-electron chi connectivity index (χ0n) is 16.1. The first-order valence-electron chi connectivity index (χ1n) is 9.79. The molecule has 4 N–H and O–H groups in total. The zero-order chi connectivity index (χ0) is 18.3. The Morgan fingerprint density at radius 2 is 1.96 bits per heavy atom. The van der Waals surface area contributed by atoms with Gasteiger partial charge in [-0.3, -0.25) is 9.79 Å². The fourth-order valence-corrected chi connectivity index (χ4v) is 2.95. The molecule has 0 aromatic carbocycles. The number of carbonyl (C=O) groups is 1. The van der Waals surface area contributed by atoms with E-state index in [-0.39, 0.29) is 11.8 Å². The van der Waals surface area contributed by atoms with E-state index in [1.165, 1.54) is 0 Å². The van der Waals surface area contributed by atoms with Gasteiger partial charge in [-0.05, 0) is 65.6 Å². The second-order valence-corrected chi connectivity index (χ2v) is 6.46. The molecule has 0 aromatic rings. The maximum absolute atomic E-state index is 11.2. The van der Waals surface area contributed by atoms with Crippen LogP contribution in [-0.2, 0) is 9.53 Å². The van der Waals surface area contributed by atoms with Crippen LogP contribution in [0.15, 0.2) is 4.99 Å². The van der Waals surface area contributed by atoms with Crippen LogP contribution in [0, 0.1) is 5.92 Å². The molecule has 0 unspecified atom stereocenters. The SMILES string of the molecule is CCNC(=NCCCOCC)NCCCCN1CCC(C(N)=O)CC1. The van der Waals surface area contributed by atoms with Gasteiger partial charge in [0.1, 0.15) is 0 Å². The number of amides is 1. The minimum absolute atomic E-state index is 0.0829. The van der Waals surface area contributed by atoms with Gasteiger partial charge in [0.05, 0.1) is 0 Å². The summed E-state index contributed by atoms with van der Waals surface area (Å²) in [5, 5.41) is 6.66. The van der Waals surface area contributed by atoms with Crippen molar-refractivity contribution in [3.63, 3.8) is 0 Å². The molecule has 7 heteroatoms. The van der Waals surface area contributed by atoms with Crippen LogP contribution in [0.25, 0.3) is 0 Å². The van der Waals surface area contributed by atoms with E-state index in [1.54, 1.807) is 0 Å². The smallest absolute Gasteiger partial charge is 0.220 e. The van der Waals surface area contributed by atoms with Crippen LogP contribution < -0.4 is 16.4 Å². The number of nitrogens with two attached hydrogens (primary N) is 1. The first kappa shape index (κ1) is 21.7. The molecule has 1 heterocycles. The van der Waals surface area contributed by atoms with Crippen molar-refractivity contribution >= 4 is 11.9 Å². The molecule has 0 spiro atoms. The number of rotatable bonds is 12. The lowest BCUT2D eigenvalue weighted by Gasteiger charge is -2.30. The van der Waals surface area contributed by atoms with Gasteiger partial charge in [0.2, 0.25) is 5.91 Å². The minimum atomic E-state index is -0.139. The summed E-state index contributed by atoms with van der Waals surface area (Å²) in [6.07, 6.45) is 5.03. The summed E-state index contributed by atoms with van der Waals surface area (Å²) >= 11 is 0. The normalized spacial score (nSPS) is 16.8. The average molecular weight is 356 g/mol. The van der Waals surface area contributed by atoms with Crippen LogP contribution in [0.5, 0.6) is 0 Å². The van der Waals surface area contributed by atoms with Crippen LogP contribution >= 0.6 is 0 Å². The summed E-state index contributed by atoms with van der Waals surface area (Å²) in [4.78, 5) is 18.2. The van der Waals surface area contributed by atoms with Crippen molar-refractivity contribution in [2.24, 2.45) is 16.6 Å². The summed E-state index contributed by atoms with van der Waals surface area (Å²) in [6.45, 7) is 11.3. The molecule has 0 bridgehead atoms. The maximum Gasteiger partial charge on any atom is 0.220 e. The number of ether oxygens (including phenoxy) is 1. The molecule has 146 valence electrons. The number of hydrogen-bond acceptors (Lipinski definition) is 4. The Morgan fingerprint density at radius 1 is 1.20 bits per heavy atom. The highest BCUT2D eigenvalue weighted by Gasteiger charge is 2.22. The van der Waals surface area contributed by atoms with Crippen molar-refractivity contribution in [1.29, 1.82) is 0 Å². The summed E-state index contributed by atoms with van der Waals surface area (Å²) in [7, 11) is 0. The molecule has 1 amide bonds. The lowest BCUT2D eigenvalue weighted by atomic mass is 9.96. The third kappa shape index (κ3) is 10.3. The van der Waals surface area contributed by atoms with Gasteiger partial charge in [-0.15, -0.1) is 0 Å². The van der Waals surface area contributed by atoms with E-state index in [9.17, 15) is 4.79 Å². The topological polar surface area (TPSA) is 92.0 Å². The molecule has 0 saturated carbocycles. The molecule has 1 saturated heterocycles. The highest BCUT2D eigenvalue weighted by atomic mass is 16.5. The molecule has 0 atom stereocenters. The fourth-order valence-electron chi connectivity index (χ4n) is 2.95. The third-order valence-corrected chi connectivity index (χ3v) is 4.45. The van der Waals surface area contributed by atoms with Gasteiger partial charge in [0.25, 0.3) is 0 Å². The van der Waals surface area contributed by atoms with E-state index in [0.717, 1.165) is 90.5 Å². The van der Waals surface area contributed by atoms with Gasteiger partial charge in [0, 0.05) is 38.8 Å². The molecule has 7 nitrogen and oxygen atoms in total. The summed E-state index contributed by atoms with van der Waals surface area (Å²) < 4.78 is 5.33.